The summed E-state index contributed by atoms with van der Waals surface area (Å²) < 4.78 is 0. The number of benzene rings is 1. The number of hydrogen-bond donors (Lipinski definition) is 2. The Kier molecular flexibility index (Phi) is 5.60. The summed E-state index contributed by atoms with van der Waals surface area (Å²) in [4.78, 5) is 27.8. The summed E-state index contributed by atoms with van der Waals surface area (Å²) in [7, 11) is 3.34. The summed E-state index contributed by atoms with van der Waals surface area (Å²) >= 11 is 0. The normalized spacial score (nSPS) is 21.0. The topological polar surface area (TPSA) is 78.7 Å². The maximum atomic E-state index is 12.8. The second kappa shape index (κ2) is 7.46. The van der Waals surface area contributed by atoms with Gasteiger partial charge in [-0.05, 0) is 37.0 Å². The number of amides is 3. The lowest BCUT2D eigenvalue weighted by molar-refractivity contribution is 0.0573. The summed E-state index contributed by atoms with van der Waals surface area (Å²) in [5.74, 6) is 0.576. The highest BCUT2D eigenvalue weighted by Crippen LogP contribution is 2.24. The lowest BCUT2D eigenvalue weighted by atomic mass is 9.92. The molecule has 2 rings (SSSR count). The maximum absolute atomic E-state index is 12.8. The predicted octanol–water partition coefficient (Wildman–Crippen LogP) is 1.98. The Morgan fingerprint density at radius 1 is 1.39 bits per heavy atom. The number of urea groups is 1. The fraction of sp³-hybridized carbons (Fsp3) is 0.529. The van der Waals surface area contributed by atoms with Crippen LogP contribution in [-0.4, -0.2) is 55.0 Å². The lowest BCUT2D eigenvalue weighted by Gasteiger charge is -2.38. The molecule has 0 saturated carbocycles. The third kappa shape index (κ3) is 4.22. The van der Waals surface area contributed by atoms with Crippen LogP contribution in [0.3, 0.4) is 0 Å². The van der Waals surface area contributed by atoms with E-state index in [1.807, 2.05) is 4.90 Å². The van der Waals surface area contributed by atoms with E-state index in [4.69, 9.17) is 5.73 Å². The molecule has 0 bridgehead atoms. The molecule has 0 aromatic heterocycles. The molecule has 126 valence electrons. The number of piperidine rings is 1. The minimum Gasteiger partial charge on any atom is -0.334 e. The van der Waals surface area contributed by atoms with Crippen molar-refractivity contribution in [2.75, 3.05) is 32.5 Å². The molecule has 2 unspecified atom stereocenters. The van der Waals surface area contributed by atoms with Crippen LogP contribution >= 0.6 is 0 Å². The molecular weight excluding hydrogens is 292 g/mol. The highest BCUT2D eigenvalue weighted by Gasteiger charge is 2.29. The van der Waals surface area contributed by atoms with E-state index in [2.05, 4.69) is 12.2 Å². The van der Waals surface area contributed by atoms with Crippen LogP contribution in [0.2, 0.25) is 0 Å². The first-order chi connectivity index (χ1) is 10.9. The standard InChI is InChI=1S/C17H26N4O2/c1-12-7-8-21(15(9-12)11-18)16(22)13-5-4-6-14(10-13)19-17(23)20(2)3/h4-6,10,12,15H,7-9,11,18H2,1-3H3,(H,19,23). The van der Waals surface area contributed by atoms with Crippen LogP contribution in [0.5, 0.6) is 0 Å². The van der Waals surface area contributed by atoms with Crippen LogP contribution in [0.4, 0.5) is 10.5 Å². The molecule has 1 heterocycles. The molecule has 6 heteroatoms. The molecule has 6 nitrogen and oxygen atoms in total. The molecule has 1 aliphatic rings. The Morgan fingerprint density at radius 3 is 2.78 bits per heavy atom. The highest BCUT2D eigenvalue weighted by atomic mass is 16.2. The summed E-state index contributed by atoms with van der Waals surface area (Å²) in [6.07, 6.45) is 1.94. The van der Waals surface area contributed by atoms with E-state index in [0.717, 1.165) is 19.4 Å². The van der Waals surface area contributed by atoms with Gasteiger partial charge in [0.05, 0.1) is 0 Å². The quantitative estimate of drug-likeness (QED) is 0.894. The Hall–Kier alpha value is -2.08. The van der Waals surface area contributed by atoms with E-state index in [9.17, 15) is 9.59 Å². The van der Waals surface area contributed by atoms with Gasteiger partial charge in [-0.1, -0.05) is 13.0 Å². The van der Waals surface area contributed by atoms with Crippen LogP contribution in [-0.2, 0) is 0 Å². The minimum atomic E-state index is -0.221. The molecule has 0 radical (unpaired) electrons. The second-order valence-electron chi connectivity index (χ2n) is 6.42. The fourth-order valence-corrected chi connectivity index (χ4v) is 2.87. The van der Waals surface area contributed by atoms with Gasteiger partial charge in [-0.2, -0.15) is 0 Å². The number of nitrogens with zero attached hydrogens (tertiary/aromatic N) is 2. The van der Waals surface area contributed by atoms with Crippen LogP contribution in [0.15, 0.2) is 24.3 Å². The predicted molar refractivity (Wildman–Crippen MR) is 91.4 cm³/mol. The van der Waals surface area contributed by atoms with Gasteiger partial charge in [0.1, 0.15) is 0 Å². The fourth-order valence-electron chi connectivity index (χ4n) is 2.87. The monoisotopic (exact) mass is 318 g/mol. The summed E-state index contributed by atoms with van der Waals surface area (Å²) in [5, 5.41) is 2.76. The molecule has 0 spiro atoms. The third-order valence-corrected chi connectivity index (χ3v) is 4.28. The third-order valence-electron chi connectivity index (χ3n) is 4.28. The van der Waals surface area contributed by atoms with Crippen LogP contribution < -0.4 is 11.1 Å². The number of likely N-dealkylation sites (tertiary alicyclic amines) is 1. The second-order valence-corrected chi connectivity index (χ2v) is 6.42. The molecule has 23 heavy (non-hydrogen) atoms. The first-order valence-electron chi connectivity index (χ1n) is 8.01. The van der Waals surface area contributed by atoms with Crippen molar-refractivity contribution in [1.29, 1.82) is 0 Å². The van der Waals surface area contributed by atoms with Gasteiger partial charge in [0.2, 0.25) is 0 Å². The molecule has 3 amide bonds. The van der Waals surface area contributed by atoms with E-state index in [1.165, 1.54) is 4.90 Å². The van der Waals surface area contributed by atoms with Crippen LogP contribution in [0.25, 0.3) is 0 Å². The van der Waals surface area contributed by atoms with Crippen molar-refractivity contribution < 1.29 is 9.59 Å². The summed E-state index contributed by atoms with van der Waals surface area (Å²) in [6, 6.07) is 6.92. The van der Waals surface area contributed by atoms with Gasteiger partial charge >= 0.3 is 6.03 Å². The molecule has 0 aliphatic carbocycles. The van der Waals surface area contributed by atoms with Gasteiger partial charge in [0, 0.05) is 44.5 Å². The average molecular weight is 318 g/mol. The molecule has 1 aliphatic heterocycles. The molecule has 2 atom stereocenters. The van der Waals surface area contributed by atoms with Crippen molar-refractivity contribution >= 4 is 17.6 Å². The van der Waals surface area contributed by atoms with Crippen molar-refractivity contribution in [2.45, 2.75) is 25.8 Å². The van der Waals surface area contributed by atoms with E-state index in [-0.39, 0.29) is 18.0 Å². The van der Waals surface area contributed by atoms with Gasteiger partial charge in [-0.3, -0.25) is 4.79 Å². The summed E-state index contributed by atoms with van der Waals surface area (Å²) in [6.45, 7) is 3.41. The molecule has 1 fully saturated rings. The van der Waals surface area contributed by atoms with E-state index >= 15 is 0 Å². The van der Waals surface area contributed by atoms with E-state index < -0.39 is 0 Å². The number of anilines is 1. The Bertz CT molecular complexity index is 573. The Balaban J connectivity index is 2.14. The number of nitrogens with one attached hydrogen (secondary N) is 1. The van der Waals surface area contributed by atoms with Crippen molar-refractivity contribution in [2.24, 2.45) is 11.7 Å². The zero-order chi connectivity index (χ0) is 17.0. The van der Waals surface area contributed by atoms with Gasteiger partial charge in [-0.25, -0.2) is 4.79 Å². The number of carbonyl (C=O) groups is 2. The Labute approximate surface area is 137 Å². The zero-order valence-corrected chi connectivity index (χ0v) is 14.1. The van der Waals surface area contributed by atoms with Gasteiger partial charge in [-0.15, -0.1) is 0 Å². The molecule has 1 aromatic carbocycles. The van der Waals surface area contributed by atoms with Crippen molar-refractivity contribution in [1.82, 2.24) is 9.80 Å². The lowest BCUT2D eigenvalue weighted by Crippen LogP contribution is -2.49. The Morgan fingerprint density at radius 2 is 2.13 bits per heavy atom. The smallest absolute Gasteiger partial charge is 0.321 e. The maximum Gasteiger partial charge on any atom is 0.321 e. The van der Waals surface area contributed by atoms with Gasteiger partial charge in [0.15, 0.2) is 0 Å². The largest absolute Gasteiger partial charge is 0.334 e. The van der Waals surface area contributed by atoms with Crippen molar-refractivity contribution in [3.63, 3.8) is 0 Å². The number of rotatable bonds is 3. The van der Waals surface area contributed by atoms with Crippen molar-refractivity contribution in [3.05, 3.63) is 29.8 Å². The highest BCUT2D eigenvalue weighted by molar-refractivity contribution is 5.97. The van der Waals surface area contributed by atoms with Gasteiger partial charge in [0.25, 0.3) is 5.91 Å². The number of hydrogen-bond acceptors (Lipinski definition) is 3. The van der Waals surface area contributed by atoms with Crippen LogP contribution in [0, 0.1) is 5.92 Å². The van der Waals surface area contributed by atoms with Gasteiger partial charge < -0.3 is 20.9 Å². The molecule has 3 N–H and O–H groups in total. The van der Waals surface area contributed by atoms with Crippen LogP contribution in [0.1, 0.15) is 30.1 Å². The van der Waals surface area contributed by atoms with E-state index in [0.29, 0.717) is 23.7 Å². The number of carbonyl (C=O) groups excluding carboxylic acids is 2. The first-order valence-corrected chi connectivity index (χ1v) is 8.01. The molecular formula is C17H26N4O2. The first kappa shape index (κ1) is 17.3. The SMILES string of the molecule is CC1CCN(C(=O)c2cccc(NC(=O)N(C)C)c2)C(CN)C1. The minimum absolute atomic E-state index is 0.0201. The zero-order valence-electron chi connectivity index (χ0n) is 14.1. The van der Waals surface area contributed by atoms with E-state index in [1.54, 1.807) is 38.4 Å². The average Bonchev–Trinajstić information content (AvgIpc) is 2.54. The number of nitrogens with two attached hydrogens (primary N) is 1. The summed E-state index contributed by atoms with van der Waals surface area (Å²) in [5.41, 5.74) is 7.04. The molecule has 1 saturated heterocycles. The van der Waals surface area contributed by atoms with Crippen molar-refractivity contribution in [3.8, 4) is 0 Å². The molecule has 1 aromatic rings.